The minimum atomic E-state index is -3.77. The second kappa shape index (κ2) is 7.09. The minimum Gasteiger partial charge on any atom is -0.295 e. The van der Waals surface area contributed by atoms with Crippen LogP contribution in [-0.2, 0) is 16.6 Å². The van der Waals surface area contributed by atoms with E-state index in [1.54, 1.807) is 19.2 Å². The lowest BCUT2D eigenvalue weighted by Crippen LogP contribution is -2.23. The van der Waals surface area contributed by atoms with Crippen LogP contribution in [0.15, 0.2) is 47.4 Å². The van der Waals surface area contributed by atoms with Gasteiger partial charge < -0.3 is 0 Å². The lowest BCUT2D eigenvalue weighted by Gasteiger charge is -2.25. The zero-order valence-corrected chi connectivity index (χ0v) is 14.2. The van der Waals surface area contributed by atoms with Gasteiger partial charge in [0.2, 0.25) is 10.0 Å². The van der Waals surface area contributed by atoms with Crippen molar-refractivity contribution in [3.05, 3.63) is 65.0 Å². The molecule has 2 aromatic carbocycles. The summed E-state index contributed by atoms with van der Waals surface area (Å²) in [5.74, 6) is -0.383. The van der Waals surface area contributed by atoms with Crippen molar-refractivity contribution in [1.82, 2.24) is 4.90 Å². The number of primary sulfonamides is 1. The molecule has 7 heteroatoms. The molecule has 5 nitrogen and oxygen atoms in total. The lowest BCUT2D eigenvalue weighted by atomic mass is 10.1. The Labute approximate surface area is 141 Å². The van der Waals surface area contributed by atoms with Crippen molar-refractivity contribution in [2.24, 2.45) is 5.14 Å². The smallest absolute Gasteiger partial charge is 0.238 e. The zero-order valence-electron chi connectivity index (χ0n) is 13.4. The van der Waals surface area contributed by atoms with E-state index in [4.69, 9.17) is 10.4 Å². The van der Waals surface area contributed by atoms with Gasteiger partial charge in [-0.25, -0.2) is 17.9 Å². The maximum absolute atomic E-state index is 13.9. The molecule has 0 heterocycles. The largest absolute Gasteiger partial charge is 0.295 e. The molecule has 0 bridgehead atoms. The van der Waals surface area contributed by atoms with Crippen molar-refractivity contribution in [3.8, 4) is 6.07 Å². The molecule has 126 valence electrons. The van der Waals surface area contributed by atoms with E-state index in [9.17, 15) is 12.8 Å². The molecular weight excluding hydrogens is 329 g/mol. The van der Waals surface area contributed by atoms with Crippen LogP contribution >= 0.6 is 0 Å². The fraction of sp³-hybridized carbons (Fsp3) is 0.235. The highest BCUT2D eigenvalue weighted by molar-refractivity contribution is 7.89. The molecule has 0 radical (unpaired) electrons. The SMILES string of the molecule is C[C@H](c1cccc(S(N)(=O)=O)c1)N(C)Cc1cc(C#N)ccc1F. The molecule has 0 aliphatic carbocycles. The van der Waals surface area contributed by atoms with Crippen LogP contribution in [0.1, 0.15) is 29.7 Å². The van der Waals surface area contributed by atoms with Crippen molar-refractivity contribution in [2.45, 2.75) is 24.4 Å². The Morgan fingerprint density at radius 3 is 2.62 bits per heavy atom. The van der Waals surface area contributed by atoms with Gasteiger partial charge in [-0.05, 0) is 49.9 Å². The Kier molecular flexibility index (Phi) is 5.34. The number of benzene rings is 2. The van der Waals surface area contributed by atoms with Gasteiger partial charge in [-0.1, -0.05) is 12.1 Å². The van der Waals surface area contributed by atoms with E-state index in [0.29, 0.717) is 11.1 Å². The molecule has 0 unspecified atom stereocenters. The summed E-state index contributed by atoms with van der Waals surface area (Å²) in [6.45, 7) is 2.16. The highest BCUT2D eigenvalue weighted by Crippen LogP contribution is 2.24. The minimum absolute atomic E-state index is 0.0397. The summed E-state index contributed by atoms with van der Waals surface area (Å²) in [6.07, 6.45) is 0. The summed E-state index contributed by atoms with van der Waals surface area (Å²) in [6, 6.07) is 12.4. The zero-order chi connectivity index (χ0) is 17.9. The average Bonchev–Trinajstić information content (AvgIpc) is 2.55. The third-order valence-electron chi connectivity index (χ3n) is 3.92. The highest BCUT2D eigenvalue weighted by Gasteiger charge is 2.16. The van der Waals surface area contributed by atoms with E-state index in [-0.39, 0.29) is 23.3 Å². The molecule has 0 aliphatic rings. The molecule has 24 heavy (non-hydrogen) atoms. The molecule has 2 N–H and O–H groups in total. The number of sulfonamides is 1. The van der Waals surface area contributed by atoms with E-state index in [2.05, 4.69) is 0 Å². The van der Waals surface area contributed by atoms with Gasteiger partial charge in [0.25, 0.3) is 0 Å². The van der Waals surface area contributed by atoms with Crippen LogP contribution in [0.4, 0.5) is 4.39 Å². The van der Waals surface area contributed by atoms with Crippen LogP contribution < -0.4 is 5.14 Å². The second-order valence-electron chi connectivity index (χ2n) is 5.63. The summed E-state index contributed by atoms with van der Waals surface area (Å²) < 4.78 is 36.9. The van der Waals surface area contributed by atoms with Crippen LogP contribution in [0, 0.1) is 17.1 Å². The molecule has 0 saturated carbocycles. The Hall–Kier alpha value is -2.27. The van der Waals surface area contributed by atoms with Crippen molar-refractivity contribution in [3.63, 3.8) is 0 Å². The van der Waals surface area contributed by atoms with Gasteiger partial charge in [0.1, 0.15) is 5.82 Å². The van der Waals surface area contributed by atoms with Crippen molar-refractivity contribution >= 4 is 10.0 Å². The number of hydrogen-bond acceptors (Lipinski definition) is 4. The standard InChI is InChI=1S/C17H18FN3O2S/c1-12(14-4-3-5-16(9-14)24(20,22)23)21(2)11-15-8-13(10-19)6-7-17(15)18/h3-9,12H,11H2,1-2H3,(H2,20,22,23)/t12-/m1/s1. The third-order valence-corrected chi connectivity index (χ3v) is 4.84. The second-order valence-corrected chi connectivity index (χ2v) is 7.19. The molecule has 2 aromatic rings. The predicted molar refractivity (Wildman–Crippen MR) is 88.8 cm³/mol. The van der Waals surface area contributed by atoms with Crippen LogP contribution in [0.2, 0.25) is 0 Å². The first-order valence-electron chi connectivity index (χ1n) is 7.24. The van der Waals surface area contributed by atoms with Crippen molar-refractivity contribution in [2.75, 3.05) is 7.05 Å². The first-order valence-corrected chi connectivity index (χ1v) is 8.78. The Bertz CT molecular complexity index is 891. The molecule has 0 amide bonds. The number of nitriles is 1. The van der Waals surface area contributed by atoms with Gasteiger partial charge in [-0.3, -0.25) is 4.90 Å². The first kappa shape index (κ1) is 18.1. The van der Waals surface area contributed by atoms with Crippen molar-refractivity contribution in [1.29, 1.82) is 5.26 Å². The summed E-state index contributed by atoms with van der Waals surface area (Å²) in [5.41, 5.74) is 1.55. The van der Waals surface area contributed by atoms with E-state index in [0.717, 1.165) is 5.56 Å². The molecule has 1 atom stereocenters. The molecule has 0 fully saturated rings. The molecule has 0 aromatic heterocycles. The molecule has 0 saturated heterocycles. The average molecular weight is 347 g/mol. The molecule has 0 aliphatic heterocycles. The molecule has 0 spiro atoms. The van der Waals surface area contributed by atoms with E-state index < -0.39 is 10.0 Å². The van der Waals surface area contributed by atoms with Gasteiger partial charge >= 0.3 is 0 Å². The van der Waals surface area contributed by atoms with E-state index >= 15 is 0 Å². The first-order chi connectivity index (χ1) is 11.2. The van der Waals surface area contributed by atoms with Crippen LogP contribution in [0.5, 0.6) is 0 Å². The fourth-order valence-electron chi connectivity index (χ4n) is 2.38. The topological polar surface area (TPSA) is 87.2 Å². The predicted octanol–water partition coefficient (Wildman–Crippen LogP) is 2.54. The number of halogens is 1. The number of hydrogen-bond donors (Lipinski definition) is 1. The lowest BCUT2D eigenvalue weighted by molar-refractivity contribution is 0.249. The molecule has 2 rings (SSSR count). The van der Waals surface area contributed by atoms with Crippen LogP contribution in [0.25, 0.3) is 0 Å². The number of rotatable bonds is 5. The summed E-state index contributed by atoms with van der Waals surface area (Å²) in [7, 11) is -1.98. The maximum atomic E-state index is 13.9. The monoisotopic (exact) mass is 347 g/mol. The van der Waals surface area contributed by atoms with Gasteiger partial charge in [0.15, 0.2) is 0 Å². The van der Waals surface area contributed by atoms with Gasteiger partial charge in [0, 0.05) is 18.2 Å². The number of nitrogens with zero attached hydrogens (tertiary/aromatic N) is 2. The van der Waals surface area contributed by atoms with E-state index in [1.165, 1.54) is 30.3 Å². The van der Waals surface area contributed by atoms with Crippen LogP contribution in [0.3, 0.4) is 0 Å². The van der Waals surface area contributed by atoms with Crippen LogP contribution in [-0.4, -0.2) is 20.4 Å². The Morgan fingerprint density at radius 2 is 2.00 bits per heavy atom. The number of nitrogens with two attached hydrogens (primary N) is 1. The van der Waals surface area contributed by atoms with Gasteiger partial charge in [0.05, 0.1) is 16.5 Å². The summed E-state index contributed by atoms with van der Waals surface area (Å²) >= 11 is 0. The summed E-state index contributed by atoms with van der Waals surface area (Å²) in [5, 5.41) is 14.1. The van der Waals surface area contributed by atoms with Gasteiger partial charge in [-0.15, -0.1) is 0 Å². The van der Waals surface area contributed by atoms with Crippen molar-refractivity contribution < 1.29 is 12.8 Å². The highest BCUT2D eigenvalue weighted by atomic mass is 32.2. The summed E-state index contributed by atoms with van der Waals surface area (Å²) in [4.78, 5) is 1.90. The fourth-order valence-corrected chi connectivity index (χ4v) is 2.95. The normalized spacial score (nSPS) is 12.8. The molecular formula is C17H18FN3O2S. The van der Waals surface area contributed by atoms with E-state index in [1.807, 2.05) is 17.9 Å². The quantitative estimate of drug-likeness (QED) is 0.900. The Balaban J connectivity index is 2.25. The maximum Gasteiger partial charge on any atom is 0.238 e. The Morgan fingerprint density at radius 1 is 1.29 bits per heavy atom. The van der Waals surface area contributed by atoms with Gasteiger partial charge in [-0.2, -0.15) is 5.26 Å². The third kappa shape index (κ3) is 4.17.